The Morgan fingerprint density at radius 1 is 1.22 bits per heavy atom. The molecule has 0 N–H and O–H groups in total. The fourth-order valence-corrected chi connectivity index (χ4v) is 4.14. The number of carbonyl (C=O) groups excluding carboxylic acids is 1. The van der Waals surface area contributed by atoms with E-state index in [1.165, 1.54) is 0 Å². The topological polar surface area (TPSA) is 95.5 Å². The number of ether oxygens (including phenoxy) is 2. The zero-order valence-corrected chi connectivity index (χ0v) is 18.8. The van der Waals surface area contributed by atoms with E-state index in [9.17, 15) is 4.79 Å². The standard InChI is InChI=1S/C23H29N5O4/c1-23(2,3)31-22(29)27-8-6-16(7-9-27)21-25-20(26-32-21)17-4-5-18-11-24-28(19(18)10-17)12-15-13-30-14-15/h4-5,10-11,15-16H,6-9,12-14H2,1-3H3. The summed E-state index contributed by atoms with van der Waals surface area (Å²) in [5.74, 6) is 1.87. The molecular formula is C23H29N5O4. The van der Waals surface area contributed by atoms with Crippen LogP contribution in [0, 0.1) is 5.92 Å². The summed E-state index contributed by atoms with van der Waals surface area (Å²) in [7, 11) is 0. The molecule has 2 aliphatic rings. The molecule has 0 bridgehead atoms. The van der Waals surface area contributed by atoms with E-state index < -0.39 is 5.60 Å². The number of carbonyl (C=O) groups is 1. The van der Waals surface area contributed by atoms with E-state index in [4.69, 9.17) is 14.0 Å². The maximum absolute atomic E-state index is 12.3. The maximum Gasteiger partial charge on any atom is 0.410 e. The molecule has 3 aromatic rings. The van der Waals surface area contributed by atoms with Gasteiger partial charge in [0.25, 0.3) is 0 Å². The van der Waals surface area contributed by atoms with Crippen LogP contribution in [0.1, 0.15) is 45.4 Å². The molecule has 0 radical (unpaired) electrons. The van der Waals surface area contributed by atoms with Crippen LogP contribution < -0.4 is 0 Å². The van der Waals surface area contributed by atoms with Crippen LogP contribution >= 0.6 is 0 Å². The molecule has 1 aromatic carbocycles. The van der Waals surface area contributed by atoms with Crippen LogP contribution in [-0.2, 0) is 16.0 Å². The van der Waals surface area contributed by atoms with E-state index in [1.807, 2.05) is 43.8 Å². The number of hydrogen-bond donors (Lipinski definition) is 0. The molecule has 170 valence electrons. The van der Waals surface area contributed by atoms with Crippen molar-refractivity contribution in [2.24, 2.45) is 5.92 Å². The first-order valence-corrected chi connectivity index (χ1v) is 11.2. The van der Waals surface area contributed by atoms with E-state index in [1.54, 1.807) is 4.90 Å². The summed E-state index contributed by atoms with van der Waals surface area (Å²) in [6.45, 7) is 9.31. The van der Waals surface area contributed by atoms with Gasteiger partial charge in [-0.3, -0.25) is 4.68 Å². The highest BCUT2D eigenvalue weighted by molar-refractivity contribution is 5.83. The van der Waals surface area contributed by atoms with Crippen molar-refractivity contribution in [3.05, 3.63) is 30.3 Å². The number of nitrogens with zero attached hydrogens (tertiary/aromatic N) is 5. The van der Waals surface area contributed by atoms with E-state index in [2.05, 4.69) is 21.3 Å². The fraction of sp³-hybridized carbons (Fsp3) is 0.565. The molecule has 1 amide bonds. The lowest BCUT2D eigenvalue weighted by Crippen LogP contribution is -2.41. The van der Waals surface area contributed by atoms with E-state index in [0.717, 1.165) is 49.1 Å². The van der Waals surface area contributed by atoms with Gasteiger partial charge in [-0.25, -0.2) is 4.79 Å². The summed E-state index contributed by atoms with van der Waals surface area (Å²) < 4.78 is 18.4. The van der Waals surface area contributed by atoms with Crippen molar-refractivity contribution in [3.8, 4) is 11.4 Å². The highest BCUT2D eigenvalue weighted by Gasteiger charge is 2.30. The minimum atomic E-state index is -0.489. The van der Waals surface area contributed by atoms with Gasteiger partial charge >= 0.3 is 6.09 Å². The molecule has 2 aliphatic heterocycles. The summed E-state index contributed by atoms with van der Waals surface area (Å²) in [5, 5.41) is 9.85. The summed E-state index contributed by atoms with van der Waals surface area (Å²) in [6.07, 6.45) is 3.17. The van der Waals surface area contributed by atoms with Gasteiger partial charge in [0.15, 0.2) is 0 Å². The van der Waals surface area contributed by atoms with Gasteiger partial charge in [-0.1, -0.05) is 17.3 Å². The quantitative estimate of drug-likeness (QED) is 0.609. The minimum absolute atomic E-state index is 0.141. The van der Waals surface area contributed by atoms with Gasteiger partial charge < -0.3 is 18.9 Å². The molecule has 0 unspecified atom stereocenters. The van der Waals surface area contributed by atoms with Gasteiger partial charge in [0.05, 0.1) is 24.9 Å². The smallest absolute Gasteiger partial charge is 0.410 e. The monoisotopic (exact) mass is 439 g/mol. The van der Waals surface area contributed by atoms with Crippen LogP contribution in [0.4, 0.5) is 4.79 Å². The first-order valence-electron chi connectivity index (χ1n) is 11.2. The van der Waals surface area contributed by atoms with Crippen LogP contribution in [0.3, 0.4) is 0 Å². The first kappa shape index (κ1) is 20.9. The third-order valence-electron chi connectivity index (χ3n) is 5.98. The second-order valence-electron chi connectivity index (χ2n) is 9.70. The van der Waals surface area contributed by atoms with Gasteiger partial charge in [0.2, 0.25) is 11.7 Å². The van der Waals surface area contributed by atoms with Gasteiger partial charge in [-0.15, -0.1) is 0 Å². The van der Waals surface area contributed by atoms with Crippen molar-refractivity contribution in [3.63, 3.8) is 0 Å². The second kappa shape index (κ2) is 8.20. The number of piperidine rings is 1. The number of amides is 1. The van der Waals surface area contributed by atoms with Crippen LogP contribution in [0.25, 0.3) is 22.3 Å². The normalized spacial score (nSPS) is 18.2. The third kappa shape index (κ3) is 4.34. The van der Waals surface area contributed by atoms with Crippen molar-refractivity contribution in [2.75, 3.05) is 26.3 Å². The maximum atomic E-state index is 12.3. The lowest BCUT2D eigenvalue weighted by Gasteiger charge is -2.32. The molecule has 9 heteroatoms. The lowest BCUT2D eigenvalue weighted by molar-refractivity contribution is -0.0403. The van der Waals surface area contributed by atoms with Gasteiger partial charge in [-0.2, -0.15) is 10.1 Å². The first-order chi connectivity index (χ1) is 15.4. The van der Waals surface area contributed by atoms with Crippen LogP contribution in [-0.4, -0.2) is 62.8 Å². The Balaban J connectivity index is 1.26. The molecule has 2 saturated heterocycles. The van der Waals surface area contributed by atoms with Crippen LogP contribution in [0.5, 0.6) is 0 Å². The molecule has 2 fully saturated rings. The minimum Gasteiger partial charge on any atom is -0.444 e. The molecule has 32 heavy (non-hydrogen) atoms. The average molecular weight is 440 g/mol. The molecule has 0 spiro atoms. The Bertz CT molecular complexity index is 1100. The zero-order valence-electron chi connectivity index (χ0n) is 18.8. The second-order valence-corrected chi connectivity index (χ2v) is 9.70. The summed E-state index contributed by atoms with van der Waals surface area (Å²) in [5.41, 5.74) is 1.48. The predicted molar refractivity (Wildman–Crippen MR) is 117 cm³/mol. The van der Waals surface area contributed by atoms with Crippen molar-refractivity contribution in [1.82, 2.24) is 24.8 Å². The number of rotatable bonds is 4. The molecule has 9 nitrogen and oxygen atoms in total. The van der Waals surface area contributed by atoms with Crippen molar-refractivity contribution < 1.29 is 18.8 Å². The van der Waals surface area contributed by atoms with E-state index in [0.29, 0.717) is 30.7 Å². The largest absolute Gasteiger partial charge is 0.444 e. The molecule has 5 rings (SSSR count). The SMILES string of the molecule is CC(C)(C)OC(=O)N1CCC(c2nc(-c3ccc4cnn(CC5COC5)c4c3)no2)CC1. The Morgan fingerprint density at radius 3 is 2.69 bits per heavy atom. The lowest BCUT2D eigenvalue weighted by atomic mass is 9.97. The number of fused-ring (bicyclic) bond motifs is 1. The Hall–Kier alpha value is -2.94. The number of hydrogen-bond acceptors (Lipinski definition) is 7. The summed E-state index contributed by atoms with van der Waals surface area (Å²) in [6, 6.07) is 6.11. The molecule has 2 aromatic heterocycles. The Morgan fingerprint density at radius 2 is 2.00 bits per heavy atom. The summed E-state index contributed by atoms with van der Waals surface area (Å²) >= 11 is 0. The summed E-state index contributed by atoms with van der Waals surface area (Å²) in [4.78, 5) is 18.7. The number of aromatic nitrogens is 4. The van der Waals surface area contributed by atoms with Crippen molar-refractivity contribution in [1.29, 1.82) is 0 Å². The molecule has 0 saturated carbocycles. The Labute approximate surface area is 186 Å². The van der Waals surface area contributed by atoms with Crippen LogP contribution in [0.15, 0.2) is 28.9 Å². The molecular weight excluding hydrogens is 410 g/mol. The zero-order chi connectivity index (χ0) is 22.3. The highest BCUT2D eigenvalue weighted by Crippen LogP contribution is 2.30. The highest BCUT2D eigenvalue weighted by atomic mass is 16.6. The molecule has 0 aliphatic carbocycles. The molecule has 0 atom stereocenters. The number of benzene rings is 1. The van der Waals surface area contributed by atoms with Gasteiger partial charge in [0, 0.05) is 42.4 Å². The predicted octanol–water partition coefficient (Wildman–Crippen LogP) is 3.85. The molecule has 4 heterocycles. The van der Waals surface area contributed by atoms with Gasteiger partial charge in [-0.05, 0) is 39.7 Å². The van der Waals surface area contributed by atoms with Crippen molar-refractivity contribution >= 4 is 17.0 Å². The Kier molecular flexibility index (Phi) is 5.36. The van der Waals surface area contributed by atoms with E-state index >= 15 is 0 Å². The van der Waals surface area contributed by atoms with Gasteiger partial charge in [0.1, 0.15) is 5.60 Å². The average Bonchev–Trinajstić information content (AvgIpc) is 3.37. The van der Waals surface area contributed by atoms with E-state index in [-0.39, 0.29) is 12.0 Å². The fourth-order valence-electron chi connectivity index (χ4n) is 4.14. The number of likely N-dealkylation sites (tertiary alicyclic amines) is 1. The van der Waals surface area contributed by atoms with Crippen LogP contribution in [0.2, 0.25) is 0 Å². The van der Waals surface area contributed by atoms with Crippen molar-refractivity contribution in [2.45, 2.75) is 51.7 Å². The third-order valence-corrected chi connectivity index (χ3v) is 5.98.